The molecule has 1 amide bonds. The molecule has 0 aliphatic carbocycles. The topological polar surface area (TPSA) is 46.1 Å². The van der Waals surface area contributed by atoms with Crippen molar-refractivity contribution >= 4 is 32.9 Å². The molecular formula is C19H17BrFN3O. The summed E-state index contributed by atoms with van der Waals surface area (Å²) in [5.74, 6) is -0.528. The quantitative estimate of drug-likeness (QED) is 0.652. The van der Waals surface area contributed by atoms with Gasteiger partial charge in [0.25, 0.3) is 5.91 Å². The Kier molecular flexibility index (Phi) is 4.81. The van der Waals surface area contributed by atoms with Gasteiger partial charge in [0.2, 0.25) is 0 Å². The Bertz CT molecular complexity index is 974. The summed E-state index contributed by atoms with van der Waals surface area (Å²) in [5.41, 5.74) is 4.09. The summed E-state index contributed by atoms with van der Waals surface area (Å²) < 4.78 is 14.7. The first-order valence-electron chi connectivity index (χ1n) is 7.79. The molecule has 0 saturated carbocycles. The van der Waals surface area contributed by atoms with Crippen LogP contribution in [0.2, 0.25) is 0 Å². The van der Waals surface area contributed by atoms with Crippen molar-refractivity contribution in [3.63, 3.8) is 0 Å². The van der Waals surface area contributed by atoms with E-state index in [1.54, 1.807) is 37.4 Å². The lowest BCUT2D eigenvalue weighted by atomic mass is 10.1. The van der Waals surface area contributed by atoms with Gasteiger partial charge < -0.3 is 4.90 Å². The van der Waals surface area contributed by atoms with Crippen LogP contribution in [0.5, 0.6) is 0 Å². The van der Waals surface area contributed by atoms with Crippen LogP contribution in [0, 0.1) is 19.7 Å². The number of fused-ring (bicyclic) bond motifs is 1. The highest BCUT2D eigenvalue weighted by Gasteiger charge is 2.15. The van der Waals surface area contributed by atoms with E-state index < -0.39 is 0 Å². The van der Waals surface area contributed by atoms with Gasteiger partial charge in [0.1, 0.15) is 5.82 Å². The number of aromatic nitrogens is 2. The second-order valence-electron chi connectivity index (χ2n) is 5.99. The Morgan fingerprint density at radius 1 is 1.08 bits per heavy atom. The maximum absolute atomic E-state index is 13.9. The zero-order valence-electron chi connectivity index (χ0n) is 14.2. The first-order valence-corrected chi connectivity index (χ1v) is 8.59. The molecule has 0 radical (unpaired) electrons. The molecule has 0 spiro atoms. The lowest BCUT2D eigenvalue weighted by Gasteiger charge is -2.18. The molecule has 1 aromatic heterocycles. The number of hydrogen-bond acceptors (Lipinski definition) is 3. The first-order chi connectivity index (χ1) is 11.8. The van der Waals surface area contributed by atoms with Gasteiger partial charge in [-0.3, -0.25) is 4.79 Å². The van der Waals surface area contributed by atoms with E-state index in [9.17, 15) is 9.18 Å². The zero-order chi connectivity index (χ0) is 18.1. The second kappa shape index (κ2) is 6.88. The van der Waals surface area contributed by atoms with E-state index >= 15 is 0 Å². The van der Waals surface area contributed by atoms with Crippen LogP contribution in [-0.4, -0.2) is 27.8 Å². The highest BCUT2D eigenvalue weighted by molar-refractivity contribution is 9.10. The minimum atomic E-state index is -0.335. The summed E-state index contributed by atoms with van der Waals surface area (Å²) in [5, 5.41) is 0. The molecule has 0 atom stereocenters. The van der Waals surface area contributed by atoms with Gasteiger partial charge in [-0.1, -0.05) is 15.9 Å². The van der Waals surface area contributed by atoms with Gasteiger partial charge in [0.05, 0.1) is 22.4 Å². The summed E-state index contributed by atoms with van der Waals surface area (Å²) in [6.45, 7) is 3.97. The number of hydrogen-bond donors (Lipinski definition) is 0. The number of carbonyl (C=O) groups is 1. The molecule has 25 heavy (non-hydrogen) atoms. The van der Waals surface area contributed by atoms with Crippen molar-refractivity contribution in [2.75, 3.05) is 7.05 Å². The van der Waals surface area contributed by atoms with E-state index in [1.165, 1.54) is 11.0 Å². The van der Waals surface area contributed by atoms with E-state index in [-0.39, 0.29) is 18.3 Å². The number of amides is 1. The Balaban J connectivity index is 1.88. The lowest BCUT2D eigenvalue weighted by Crippen LogP contribution is -2.26. The fourth-order valence-electron chi connectivity index (χ4n) is 2.58. The standard InChI is InChI=1S/C19H17BrFN3O/c1-11-12(2)23-18-9-13(4-7-17(18)22-11)19(25)24(3)10-14-8-15(20)5-6-16(14)21/h4-9H,10H2,1-3H3. The van der Waals surface area contributed by atoms with Crippen LogP contribution < -0.4 is 0 Å². The molecule has 128 valence electrons. The molecule has 0 aliphatic rings. The molecule has 0 saturated heterocycles. The van der Waals surface area contributed by atoms with Gasteiger partial charge in [-0.05, 0) is 50.2 Å². The average molecular weight is 402 g/mol. The van der Waals surface area contributed by atoms with Crippen molar-refractivity contribution in [3.05, 3.63) is 69.2 Å². The molecule has 0 fully saturated rings. The Morgan fingerprint density at radius 3 is 2.48 bits per heavy atom. The highest BCUT2D eigenvalue weighted by Crippen LogP contribution is 2.19. The SMILES string of the molecule is Cc1nc2ccc(C(=O)N(C)Cc3cc(Br)ccc3F)cc2nc1C. The molecule has 6 heteroatoms. The summed E-state index contributed by atoms with van der Waals surface area (Å²) in [6.07, 6.45) is 0. The van der Waals surface area contributed by atoms with Crippen molar-refractivity contribution < 1.29 is 9.18 Å². The predicted octanol–water partition coefficient (Wildman–Crippen LogP) is 4.42. The molecule has 2 aromatic carbocycles. The van der Waals surface area contributed by atoms with E-state index in [1.807, 2.05) is 13.8 Å². The summed E-state index contributed by atoms with van der Waals surface area (Å²) in [7, 11) is 1.65. The van der Waals surface area contributed by atoms with Crippen LogP contribution in [0.25, 0.3) is 11.0 Å². The van der Waals surface area contributed by atoms with Crippen molar-refractivity contribution in [2.45, 2.75) is 20.4 Å². The third-order valence-electron chi connectivity index (χ3n) is 4.08. The van der Waals surface area contributed by atoms with Crippen LogP contribution in [0.1, 0.15) is 27.3 Å². The van der Waals surface area contributed by atoms with Crippen molar-refractivity contribution in [3.8, 4) is 0 Å². The molecule has 0 N–H and O–H groups in total. The van der Waals surface area contributed by atoms with E-state index in [4.69, 9.17) is 0 Å². The Morgan fingerprint density at radius 2 is 1.76 bits per heavy atom. The monoisotopic (exact) mass is 401 g/mol. The molecule has 3 aromatic rings. The number of benzene rings is 2. The zero-order valence-corrected chi connectivity index (χ0v) is 15.8. The Hall–Kier alpha value is -2.34. The van der Waals surface area contributed by atoms with Crippen molar-refractivity contribution in [1.82, 2.24) is 14.9 Å². The van der Waals surface area contributed by atoms with Crippen LogP contribution in [-0.2, 0) is 6.54 Å². The van der Waals surface area contributed by atoms with Gasteiger partial charge >= 0.3 is 0 Å². The smallest absolute Gasteiger partial charge is 0.253 e. The molecule has 3 rings (SSSR count). The number of nitrogens with zero attached hydrogens (tertiary/aromatic N) is 3. The maximum Gasteiger partial charge on any atom is 0.253 e. The second-order valence-corrected chi connectivity index (χ2v) is 6.91. The fourth-order valence-corrected chi connectivity index (χ4v) is 2.98. The lowest BCUT2D eigenvalue weighted by molar-refractivity contribution is 0.0784. The minimum absolute atomic E-state index is 0.181. The molecule has 0 unspecified atom stereocenters. The number of carbonyl (C=O) groups excluding carboxylic acids is 1. The average Bonchev–Trinajstić information content (AvgIpc) is 2.58. The van der Waals surface area contributed by atoms with Gasteiger partial charge in [0.15, 0.2) is 0 Å². The maximum atomic E-state index is 13.9. The van der Waals surface area contributed by atoms with Gasteiger partial charge in [0, 0.05) is 29.2 Å². The fraction of sp³-hybridized carbons (Fsp3) is 0.211. The third-order valence-corrected chi connectivity index (χ3v) is 4.58. The van der Waals surface area contributed by atoms with Gasteiger partial charge in [-0.15, -0.1) is 0 Å². The summed E-state index contributed by atoms with van der Waals surface area (Å²) in [6, 6.07) is 9.93. The van der Waals surface area contributed by atoms with Crippen LogP contribution in [0.3, 0.4) is 0 Å². The van der Waals surface area contributed by atoms with Crippen LogP contribution >= 0.6 is 15.9 Å². The van der Waals surface area contributed by atoms with Crippen molar-refractivity contribution in [2.24, 2.45) is 0 Å². The highest BCUT2D eigenvalue weighted by atomic mass is 79.9. The Labute approximate surface area is 153 Å². The summed E-state index contributed by atoms with van der Waals surface area (Å²) in [4.78, 5) is 23.1. The molecule has 1 heterocycles. The minimum Gasteiger partial charge on any atom is -0.337 e. The largest absolute Gasteiger partial charge is 0.337 e. The predicted molar refractivity (Wildman–Crippen MR) is 98.9 cm³/mol. The molecule has 0 aliphatic heterocycles. The third kappa shape index (κ3) is 3.69. The van der Waals surface area contributed by atoms with Crippen LogP contribution in [0.15, 0.2) is 40.9 Å². The van der Waals surface area contributed by atoms with Gasteiger partial charge in [-0.2, -0.15) is 0 Å². The normalized spacial score (nSPS) is 10.9. The van der Waals surface area contributed by atoms with Crippen LogP contribution in [0.4, 0.5) is 4.39 Å². The molecule has 0 bridgehead atoms. The van der Waals surface area contributed by atoms with Gasteiger partial charge in [-0.25, -0.2) is 14.4 Å². The number of rotatable bonds is 3. The van der Waals surface area contributed by atoms with E-state index in [0.29, 0.717) is 16.6 Å². The first kappa shape index (κ1) is 17.5. The van der Waals surface area contributed by atoms with Crippen molar-refractivity contribution in [1.29, 1.82) is 0 Å². The molecular weight excluding hydrogens is 385 g/mol. The van der Waals surface area contributed by atoms with E-state index in [0.717, 1.165) is 21.4 Å². The summed E-state index contributed by atoms with van der Waals surface area (Å²) >= 11 is 3.32. The molecule has 4 nitrogen and oxygen atoms in total. The number of halogens is 2. The number of aryl methyl sites for hydroxylation is 2. The van der Waals surface area contributed by atoms with E-state index in [2.05, 4.69) is 25.9 Å².